The van der Waals surface area contributed by atoms with Gasteiger partial charge in [-0.3, -0.25) is 14.9 Å². The van der Waals surface area contributed by atoms with Crippen LogP contribution in [0.15, 0.2) is 42.5 Å². The minimum atomic E-state index is -0.791. The number of Topliss-reactive ketones (excluding diaryl/α,β-unsaturated/α-hetero) is 1. The van der Waals surface area contributed by atoms with Crippen LogP contribution in [0.3, 0.4) is 0 Å². The van der Waals surface area contributed by atoms with Crippen molar-refractivity contribution in [1.82, 2.24) is 0 Å². The molecule has 2 aromatic carbocycles. The van der Waals surface area contributed by atoms with E-state index in [-0.39, 0.29) is 16.8 Å². The first-order valence-electron chi connectivity index (χ1n) is 5.69. The van der Waals surface area contributed by atoms with E-state index in [1.807, 2.05) is 0 Å². The maximum absolute atomic E-state index is 13.4. The molecule has 102 valence electrons. The molecule has 0 radical (unpaired) electrons. The smallest absolute Gasteiger partial charge is 0.269 e. The Morgan fingerprint density at radius 3 is 2.10 bits per heavy atom. The van der Waals surface area contributed by atoms with E-state index < -0.39 is 28.8 Å². The predicted molar refractivity (Wildman–Crippen MR) is 67.5 cm³/mol. The number of rotatable bonds is 4. The molecule has 0 N–H and O–H groups in total. The van der Waals surface area contributed by atoms with Crippen LogP contribution in [-0.4, -0.2) is 10.7 Å². The van der Waals surface area contributed by atoms with Gasteiger partial charge in [-0.1, -0.05) is 6.07 Å². The molecule has 0 aliphatic rings. The summed E-state index contributed by atoms with van der Waals surface area (Å²) in [5.74, 6) is -2.09. The molecular weight excluding hydrogens is 268 g/mol. The highest BCUT2D eigenvalue weighted by Gasteiger charge is 2.15. The van der Waals surface area contributed by atoms with E-state index in [2.05, 4.69) is 0 Å². The van der Waals surface area contributed by atoms with Crippen molar-refractivity contribution in [1.29, 1.82) is 0 Å². The van der Waals surface area contributed by atoms with Crippen LogP contribution in [-0.2, 0) is 6.42 Å². The van der Waals surface area contributed by atoms with Gasteiger partial charge in [-0.25, -0.2) is 8.78 Å². The van der Waals surface area contributed by atoms with Gasteiger partial charge in [-0.2, -0.15) is 0 Å². The van der Waals surface area contributed by atoms with Gasteiger partial charge in [-0.05, 0) is 24.3 Å². The summed E-state index contributed by atoms with van der Waals surface area (Å²) in [6.45, 7) is 0. The first kappa shape index (κ1) is 13.8. The third-order valence-corrected chi connectivity index (χ3v) is 2.80. The lowest BCUT2D eigenvalue weighted by Gasteiger charge is -2.04. The summed E-state index contributed by atoms with van der Waals surface area (Å²) in [5, 5.41) is 10.5. The molecule has 0 unspecified atom stereocenters. The molecule has 0 saturated carbocycles. The minimum absolute atomic E-state index is 0.154. The third-order valence-electron chi connectivity index (χ3n) is 2.80. The average molecular weight is 277 g/mol. The Hall–Kier alpha value is -2.63. The lowest BCUT2D eigenvalue weighted by molar-refractivity contribution is -0.384. The summed E-state index contributed by atoms with van der Waals surface area (Å²) < 4.78 is 26.8. The molecule has 0 aliphatic heterocycles. The zero-order valence-corrected chi connectivity index (χ0v) is 10.2. The highest BCUT2D eigenvalue weighted by atomic mass is 19.1. The Morgan fingerprint density at radius 1 is 1.05 bits per heavy atom. The fourth-order valence-electron chi connectivity index (χ4n) is 1.73. The van der Waals surface area contributed by atoms with Crippen LogP contribution in [0, 0.1) is 21.7 Å². The second-order valence-electron chi connectivity index (χ2n) is 4.10. The summed E-state index contributed by atoms with van der Waals surface area (Å²) in [7, 11) is 0. The maximum Gasteiger partial charge on any atom is 0.269 e. The van der Waals surface area contributed by atoms with Gasteiger partial charge in [0.25, 0.3) is 5.69 Å². The van der Waals surface area contributed by atoms with Crippen molar-refractivity contribution >= 4 is 11.5 Å². The number of hydrogen-bond donors (Lipinski definition) is 0. The second kappa shape index (κ2) is 5.56. The standard InChI is InChI=1S/C14H9F2NO3/c15-12-2-1-3-13(16)11(12)8-14(18)9-4-6-10(7-5-9)17(19)20/h1-7H,8H2. The molecule has 2 rings (SSSR count). The van der Waals surface area contributed by atoms with Crippen molar-refractivity contribution in [3.05, 3.63) is 75.3 Å². The number of non-ortho nitro benzene ring substituents is 1. The summed E-state index contributed by atoms with van der Waals surface area (Å²) in [4.78, 5) is 21.8. The van der Waals surface area contributed by atoms with Gasteiger partial charge in [0.05, 0.1) is 4.92 Å². The van der Waals surface area contributed by atoms with E-state index in [1.54, 1.807) is 0 Å². The zero-order chi connectivity index (χ0) is 14.7. The van der Waals surface area contributed by atoms with Crippen molar-refractivity contribution in [3.8, 4) is 0 Å². The molecule has 2 aromatic rings. The van der Waals surface area contributed by atoms with E-state index in [0.717, 1.165) is 12.1 Å². The Bertz CT molecular complexity index is 648. The summed E-state index contributed by atoms with van der Waals surface area (Å²) in [6, 6.07) is 8.22. The topological polar surface area (TPSA) is 60.2 Å². The van der Waals surface area contributed by atoms with Crippen LogP contribution in [0.2, 0.25) is 0 Å². The first-order valence-corrected chi connectivity index (χ1v) is 5.69. The number of carbonyl (C=O) groups is 1. The normalized spacial score (nSPS) is 10.3. The van der Waals surface area contributed by atoms with Crippen LogP contribution < -0.4 is 0 Å². The molecule has 0 saturated heterocycles. The molecule has 20 heavy (non-hydrogen) atoms. The quantitative estimate of drug-likeness (QED) is 0.489. The summed E-state index contributed by atoms with van der Waals surface area (Å²) in [6.07, 6.45) is -0.434. The Labute approximate surface area is 112 Å². The lowest BCUT2D eigenvalue weighted by atomic mass is 10.0. The first-order chi connectivity index (χ1) is 9.49. The number of hydrogen-bond acceptors (Lipinski definition) is 3. The Kier molecular flexibility index (Phi) is 3.84. The maximum atomic E-state index is 13.4. The molecule has 0 heterocycles. The number of carbonyl (C=O) groups excluding carboxylic acids is 1. The highest BCUT2D eigenvalue weighted by molar-refractivity contribution is 5.97. The van der Waals surface area contributed by atoms with Crippen molar-refractivity contribution in [3.63, 3.8) is 0 Å². The van der Waals surface area contributed by atoms with Gasteiger partial charge >= 0.3 is 0 Å². The lowest BCUT2D eigenvalue weighted by Crippen LogP contribution is -2.07. The van der Waals surface area contributed by atoms with Crippen LogP contribution >= 0.6 is 0 Å². The van der Waals surface area contributed by atoms with Crippen molar-refractivity contribution < 1.29 is 18.5 Å². The van der Waals surface area contributed by atoms with Crippen LogP contribution in [0.4, 0.5) is 14.5 Å². The number of nitrogens with zero attached hydrogens (tertiary/aromatic N) is 1. The van der Waals surface area contributed by atoms with Gasteiger partial charge in [0.1, 0.15) is 11.6 Å². The van der Waals surface area contributed by atoms with E-state index in [0.29, 0.717) is 0 Å². The van der Waals surface area contributed by atoms with Gasteiger partial charge in [0.2, 0.25) is 0 Å². The summed E-state index contributed by atoms with van der Waals surface area (Å²) >= 11 is 0. The predicted octanol–water partition coefficient (Wildman–Crippen LogP) is 3.30. The van der Waals surface area contributed by atoms with Gasteiger partial charge in [-0.15, -0.1) is 0 Å². The Morgan fingerprint density at radius 2 is 1.60 bits per heavy atom. The van der Waals surface area contributed by atoms with Crippen LogP contribution in [0.25, 0.3) is 0 Å². The number of nitro groups is 1. The van der Waals surface area contributed by atoms with Crippen molar-refractivity contribution in [2.45, 2.75) is 6.42 Å². The van der Waals surface area contributed by atoms with E-state index in [4.69, 9.17) is 0 Å². The number of benzene rings is 2. The molecule has 0 amide bonds. The van der Waals surface area contributed by atoms with Gasteiger partial charge < -0.3 is 0 Å². The highest BCUT2D eigenvalue weighted by Crippen LogP contribution is 2.17. The second-order valence-corrected chi connectivity index (χ2v) is 4.10. The minimum Gasteiger partial charge on any atom is -0.294 e. The monoisotopic (exact) mass is 277 g/mol. The SMILES string of the molecule is O=C(Cc1c(F)cccc1F)c1ccc([N+](=O)[O-])cc1. The molecule has 0 bridgehead atoms. The number of nitro benzene ring substituents is 1. The number of ketones is 1. The van der Waals surface area contributed by atoms with E-state index in [9.17, 15) is 23.7 Å². The average Bonchev–Trinajstić information content (AvgIpc) is 2.43. The molecule has 6 heteroatoms. The molecular formula is C14H9F2NO3. The van der Waals surface area contributed by atoms with Crippen molar-refractivity contribution in [2.75, 3.05) is 0 Å². The molecule has 0 atom stereocenters. The largest absolute Gasteiger partial charge is 0.294 e. The third kappa shape index (κ3) is 2.85. The zero-order valence-electron chi connectivity index (χ0n) is 10.2. The van der Waals surface area contributed by atoms with Crippen LogP contribution in [0.5, 0.6) is 0 Å². The molecule has 0 fully saturated rings. The molecule has 0 spiro atoms. The van der Waals surface area contributed by atoms with Gasteiger partial charge in [0.15, 0.2) is 5.78 Å². The Balaban J connectivity index is 2.22. The van der Waals surface area contributed by atoms with Gasteiger partial charge in [0, 0.05) is 29.7 Å². The van der Waals surface area contributed by atoms with E-state index in [1.165, 1.54) is 30.3 Å². The number of halogens is 2. The molecule has 0 aromatic heterocycles. The van der Waals surface area contributed by atoms with Crippen molar-refractivity contribution in [2.24, 2.45) is 0 Å². The van der Waals surface area contributed by atoms with E-state index >= 15 is 0 Å². The van der Waals surface area contributed by atoms with Crippen LogP contribution in [0.1, 0.15) is 15.9 Å². The fraction of sp³-hybridized carbons (Fsp3) is 0.0714. The molecule has 4 nitrogen and oxygen atoms in total. The summed E-state index contributed by atoms with van der Waals surface area (Å²) in [5.41, 5.74) is -0.298. The fourth-order valence-corrected chi connectivity index (χ4v) is 1.73. The molecule has 0 aliphatic carbocycles.